The van der Waals surface area contributed by atoms with Gasteiger partial charge in [0.05, 0.1) is 12.7 Å². The lowest BCUT2D eigenvalue weighted by atomic mass is 9.86. The Bertz CT molecular complexity index is 729. The lowest BCUT2D eigenvalue weighted by Crippen LogP contribution is -2.44. The highest BCUT2D eigenvalue weighted by Crippen LogP contribution is 2.36. The molecule has 1 fully saturated rings. The Balaban J connectivity index is 2.20. The zero-order valence-electron chi connectivity index (χ0n) is 17.0. The summed E-state index contributed by atoms with van der Waals surface area (Å²) in [6.07, 6.45) is 1.27. The monoisotopic (exact) mass is 408 g/mol. The SMILES string of the molecule is Cc1ccc(Cl)cc1[C@H](OCCN=[N+]=[N-])[C@@H]1CCCN(C(=O)OC(C)(C)C)C1. The lowest BCUT2D eigenvalue weighted by molar-refractivity contribution is -0.0235. The first-order valence-electron chi connectivity index (χ1n) is 9.57. The van der Waals surface area contributed by atoms with E-state index in [0.29, 0.717) is 24.7 Å². The average Bonchev–Trinajstić information content (AvgIpc) is 2.63. The number of hydrogen-bond acceptors (Lipinski definition) is 4. The van der Waals surface area contributed by atoms with Gasteiger partial charge in [-0.15, -0.1) is 0 Å². The van der Waals surface area contributed by atoms with Crippen molar-refractivity contribution in [2.24, 2.45) is 11.0 Å². The molecule has 0 unspecified atom stereocenters. The smallest absolute Gasteiger partial charge is 0.410 e. The Morgan fingerprint density at radius 3 is 2.89 bits per heavy atom. The van der Waals surface area contributed by atoms with Gasteiger partial charge in [0, 0.05) is 35.5 Å². The van der Waals surface area contributed by atoms with Crippen LogP contribution in [0.5, 0.6) is 0 Å². The molecule has 1 heterocycles. The van der Waals surface area contributed by atoms with Gasteiger partial charge in [-0.3, -0.25) is 0 Å². The predicted octanol–water partition coefficient (Wildman–Crippen LogP) is 5.66. The van der Waals surface area contributed by atoms with E-state index < -0.39 is 5.60 Å². The topological polar surface area (TPSA) is 87.5 Å². The van der Waals surface area contributed by atoms with Crippen LogP contribution in [0.2, 0.25) is 5.02 Å². The molecule has 2 atom stereocenters. The molecule has 28 heavy (non-hydrogen) atoms. The van der Waals surface area contributed by atoms with Gasteiger partial charge >= 0.3 is 6.09 Å². The molecule has 1 amide bonds. The molecule has 7 nitrogen and oxygen atoms in total. The van der Waals surface area contributed by atoms with Crippen LogP contribution in [-0.4, -0.2) is 42.8 Å². The number of halogens is 1. The van der Waals surface area contributed by atoms with Gasteiger partial charge in [0.15, 0.2) is 0 Å². The van der Waals surface area contributed by atoms with Crippen molar-refractivity contribution >= 4 is 17.7 Å². The molecule has 1 aromatic rings. The molecule has 2 rings (SSSR count). The Labute approximate surface area is 171 Å². The average molecular weight is 409 g/mol. The minimum Gasteiger partial charge on any atom is -0.444 e. The summed E-state index contributed by atoms with van der Waals surface area (Å²) in [7, 11) is 0. The normalized spacial score (nSPS) is 18.3. The van der Waals surface area contributed by atoms with Crippen molar-refractivity contribution in [1.29, 1.82) is 0 Å². The Hall–Kier alpha value is -1.95. The van der Waals surface area contributed by atoms with Crippen LogP contribution in [0.4, 0.5) is 4.79 Å². The number of likely N-dealkylation sites (tertiary alicyclic amines) is 1. The summed E-state index contributed by atoms with van der Waals surface area (Å²) in [5, 5.41) is 4.19. The molecule has 0 aliphatic carbocycles. The van der Waals surface area contributed by atoms with Gasteiger partial charge in [-0.05, 0) is 69.3 Å². The lowest BCUT2D eigenvalue weighted by Gasteiger charge is -2.38. The molecule has 0 aromatic heterocycles. The minimum atomic E-state index is -0.529. The summed E-state index contributed by atoms with van der Waals surface area (Å²) in [4.78, 5) is 17.1. The van der Waals surface area contributed by atoms with Crippen LogP contribution >= 0.6 is 11.6 Å². The summed E-state index contributed by atoms with van der Waals surface area (Å²) in [6.45, 7) is 9.40. The van der Waals surface area contributed by atoms with Crippen molar-refractivity contribution < 1.29 is 14.3 Å². The molecule has 0 saturated carbocycles. The van der Waals surface area contributed by atoms with E-state index in [9.17, 15) is 4.79 Å². The standard InChI is InChI=1S/C20H29ClN4O3/c1-14-7-8-16(21)12-17(14)18(27-11-9-23-24-22)15-6-5-10-25(13-15)19(26)28-20(2,3)4/h7-8,12,15,18H,5-6,9-11,13H2,1-4H3/t15-,18-/m1/s1. The zero-order valence-corrected chi connectivity index (χ0v) is 17.8. The fourth-order valence-electron chi connectivity index (χ4n) is 3.41. The summed E-state index contributed by atoms with van der Waals surface area (Å²) in [5.74, 6) is 0.101. The number of azide groups is 1. The largest absolute Gasteiger partial charge is 0.444 e. The zero-order chi connectivity index (χ0) is 20.7. The molecule has 0 radical (unpaired) electrons. The van der Waals surface area contributed by atoms with Crippen LogP contribution in [0.3, 0.4) is 0 Å². The van der Waals surface area contributed by atoms with Crippen LogP contribution in [0.1, 0.15) is 50.8 Å². The van der Waals surface area contributed by atoms with Crippen molar-refractivity contribution in [2.45, 2.75) is 52.2 Å². The van der Waals surface area contributed by atoms with E-state index in [1.54, 1.807) is 4.90 Å². The highest BCUT2D eigenvalue weighted by Gasteiger charge is 2.33. The van der Waals surface area contributed by atoms with Crippen LogP contribution in [0.15, 0.2) is 23.3 Å². The number of carbonyl (C=O) groups excluding carboxylic acids is 1. The third kappa shape index (κ3) is 6.59. The third-order valence-electron chi connectivity index (χ3n) is 4.64. The van der Waals surface area contributed by atoms with E-state index in [1.165, 1.54) is 0 Å². The highest BCUT2D eigenvalue weighted by molar-refractivity contribution is 6.30. The molecule has 1 aliphatic heterocycles. The van der Waals surface area contributed by atoms with Crippen molar-refractivity contribution in [2.75, 3.05) is 26.2 Å². The number of rotatable bonds is 6. The number of amides is 1. The van der Waals surface area contributed by atoms with E-state index in [4.69, 9.17) is 26.6 Å². The fourth-order valence-corrected chi connectivity index (χ4v) is 3.59. The second-order valence-electron chi connectivity index (χ2n) is 8.08. The first kappa shape index (κ1) is 22.3. The summed E-state index contributed by atoms with van der Waals surface area (Å²) in [5.41, 5.74) is 10.0. The van der Waals surface area contributed by atoms with Crippen LogP contribution in [-0.2, 0) is 9.47 Å². The van der Waals surface area contributed by atoms with E-state index in [2.05, 4.69) is 10.0 Å². The molecule has 1 saturated heterocycles. The van der Waals surface area contributed by atoms with Crippen molar-refractivity contribution in [3.63, 3.8) is 0 Å². The molecule has 1 aromatic carbocycles. The van der Waals surface area contributed by atoms with E-state index in [-0.39, 0.29) is 24.7 Å². The third-order valence-corrected chi connectivity index (χ3v) is 4.87. The summed E-state index contributed by atoms with van der Waals surface area (Å²) < 4.78 is 11.7. The molecule has 1 aliphatic rings. The van der Waals surface area contributed by atoms with Gasteiger partial charge in [-0.25, -0.2) is 4.79 Å². The Morgan fingerprint density at radius 2 is 2.21 bits per heavy atom. The highest BCUT2D eigenvalue weighted by atomic mass is 35.5. The molecule has 154 valence electrons. The summed E-state index contributed by atoms with van der Waals surface area (Å²) >= 11 is 6.23. The van der Waals surface area contributed by atoms with Crippen molar-refractivity contribution in [1.82, 2.24) is 4.90 Å². The number of hydrogen-bond donors (Lipinski definition) is 0. The maximum atomic E-state index is 12.5. The second-order valence-corrected chi connectivity index (χ2v) is 8.51. The number of carbonyl (C=O) groups is 1. The molecular weight excluding hydrogens is 380 g/mol. The van der Waals surface area contributed by atoms with Crippen LogP contribution < -0.4 is 0 Å². The van der Waals surface area contributed by atoms with Gasteiger partial charge in [0.2, 0.25) is 0 Å². The van der Waals surface area contributed by atoms with E-state index >= 15 is 0 Å². The number of benzene rings is 1. The van der Waals surface area contributed by atoms with Gasteiger partial charge in [0.25, 0.3) is 0 Å². The van der Waals surface area contributed by atoms with E-state index in [1.807, 2.05) is 45.9 Å². The quantitative estimate of drug-likeness (QED) is 0.263. The molecular formula is C20H29ClN4O3. The van der Waals surface area contributed by atoms with Crippen molar-refractivity contribution in [3.8, 4) is 0 Å². The molecule has 0 bridgehead atoms. The van der Waals surface area contributed by atoms with Gasteiger partial charge in [0.1, 0.15) is 5.60 Å². The maximum Gasteiger partial charge on any atom is 0.410 e. The van der Waals surface area contributed by atoms with Crippen molar-refractivity contribution in [3.05, 3.63) is 44.8 Å². The summed E-state index contributed by atoms with van der Waals surface area (Å²) in [6, 6.07) is 5.74. The first-order valence-corrected chi connectivity index (χ1v) is 9.95. The number of piperidine rings is 1. The number of aryl methyl sites for hydroxylation is 1. The number of ether oxygens (including phenoxy) is 2. The van der Waals surface area contributed by atoms with Gasteiger partial charge in [-0.2, -0.15) is 0 Å². The van der Waals surface area contributed by atoms with Gasteiger partial charge in [-0.1, -0.05) is 22.8 Å². The molecule has 0 N–H and O–H groups in total. The van der Waals surface area contributed by atoms with E-state index in [0.717, 1.165) is 24.0 Å². The predicted molar refractivity (Wildman–Crippen MR) is 109 cm³/mol. The fraction of sp³-hybridized carbons (Fsp3) is 0.650. The Kier molecular flexibility index (Phi) is 7.98. The maximum absolute atomic E-state index is 12.5. The minimum absolute atomic E-state index is 0.101. The first-order chi connectivity index (χ1) is 13.2. The van der Waals surface area contributed by atoms with Crippen LogP contribution in [0, 0.1) is 12.8 Å². The number of nitrogens with zero attached hydrogens (tertiary/aromatic N) is 4. The molecule has 8 heteroatoms. The Morgan fingerprint density at radius 1 is 1.46 bits per heavy atom. The van der Waals surface area contributed by atoms with Crippen LogP contribution in [0.25, 0.3) is 10.4 Å². The second kappa shape index (κ2) is 10.0. The molecule has 0 spiro atoms. The van der Waals surface area contributed by atoms with Gasteiger partial charge < -0.3 is 14.4 Å².